The summed E-state index contributed by atoms with van der Waals surface area (Å²) in [6, 6.07) is 0.122. The van der Waals surface area contributed by atoms with Crippen LogP contribution in [0.15, 0.2) is 6.20 Å². The fourth-order valence-electron chi connectivity index (χ4n) is 5.25. The monoisotopic (exact) mass is 403 g/mol. The summed E-state index contributed by atoms with van der Waals surface area (Å²) in [6.45, 7) is 2.14. The van der Waals surface area contributed by atoms with Crippen LogP contribution in [-0.2, 0) is 0 Å². The number of pyridine rings is 1. The molecule has 3 fully saturated rings. The smallest absolute Gasteiger partial charge is 0.319 e. The largest absolute Gasteiger partial charge is 0.475 e. The Morgan fingerprint density at radius 2 is 2.17 bits per heavy atom. The minimum absolute atomic E-state index is 0.122. The van der Waals surface area contributed by atoms with Crippen LogP contribution in [-0.4, -0.2) is 70.5 Å². The van der Waals surface area contributed by atoms with E-state index in [0.29, 0.717) is 43.3 Å². The summed E-state index contributed by atoms with van der Waals surface area (Å²) in [6.07, 6.45) is 4.66. The molecule has 5 heterocycles. The van der Waals surface area contributed by atoms with Crippen molar-refractivity contribution in [2.24, 2.45) is 0 Å². The van der Waals surface area contributed by atoms with Crippen molar-refractivity contribution in [3.63, 3.8) is 0 Å². The van der Waals surface area contributed by atoms with Gasteiger partial charge >= 0.3 is 6.01 Å². The number of hydrogen-bond acceptors (Lipinski definition) is 7. The molecule has 0 aromatic carbocycles. The molecule has 7 nitrogen and oxygen atoms in total. The van der Waals surface area contributed by atoms with E-state index < -0.39 is 12.0 Å². The van der Waals surface area contributed by atoms with E-state index in [1.54, 1.807) is 0 Å². The molecule has 2 atom stereocenters. The molecule has 0 radical (unpaired) electrons. The Balaban J connectivity index is 1.39. The van der Waals surface area contributed by atoms with Gasteiger partial charge < -0.3 is 14.4 Å². The first-order chi connectivity index (χ1) is 14.0. The number of hydrogen-bond donors (Lipinski definition) is 0. The summed E-state index contributed by atoms with van der Waals surface area (Å²) in [5.74, 6) is 0.402. The molecule has 2 aromatic rings. The lowest BCUT2D eigenvalue weighted by Crippen LogP contribution is -2.43. The normalized spacial score (nSPS) is 29.8. The van der Waals surface area contributed by atoms with E-state index in [4.69, 9.17) is 9.47 Å². The number of anilines is 1. The SMILES string of the molecule is CN1c2nc(OC[C@@]34CCCN3C[C@H](F)C4)nc3c(F)cnc(c23)OCC12CC2. The second-order valence-corrected chi connectivity index (χ2v) is 8.90. The maximum Gasteiger partial charge on any atom is 0.319 e. The Labute approximate surface area is 167 Å². The molecule has 0 unspecified atom stereocenters. The first kappa shape index (κ1) is 17.6. The van der Waals surface area contributed by atoms with Crippen molar-refractivity contribution in [1.82, 2.24) is 19.9 Å². The lowest BCUT2D eigenvalue weighted by Gasteiger charge is -2.31. The van der Waals surface area contributed by atoms with Crippen LogP contribution in [0.1, 0.15) is 32.1 Å². The summed E-state index contributed by atoms with van der Waals surface area (Å²) in [5, 5.41) is 0.481. The van der Waals surface area contributed by atoms with Gasteiger partial charge in [-0.25, -0.2) is 13.8 Å². The predicted octanol–water partition coefficient (Wildman–Crippen LogP) is 2.48. The number of alkyl halides is 1. The zero-order valence-corrected chi connectivity index (χ0v) is 16.3. The van der Waals surface area contributed by atoms with Gasteiger partial charge in [0.2, 0.25) is 5.88 Å². The molecule has 2 saturated heterocycles. The Bertz CT molecular complexity index is 1000. The van der Waals surface area contributed by atoms with Crippen LogP contribution in [0.3, 0.4) is 0 Å². The van der Waals surface area contributed by atoms with E-state index in [-0.39, 0.29) is 22.6 Å². The molecule has 2 aromatic heterocycles. The molecular formula is C20H23F2N5O2. The van der Waals surface area contributed by atoms with Gasteiger partial charge in [0.15, 0.2) is 5.82 Å². The lowest BCUT2D eigenvalue weighted by atomic mass is 9.95. The van der Waals surface area contributed by atoms with Crippen LogP contribution >= 0.6 is 0 Å². The standard InChI is InChI=1S/C20H23F2N5O2/c1-26-16-14-15(13(22)8-23-17(14)28-10-19(26)4-5-19)24-18(25-16)29-11-20-3-2-6-27(20)9-12(21)7-20/h8,12H,2-7,9-11H2,1H3/t12-,20+/m1/s1. The topological polar surface area (TPSA) is 63.6 Å². The Morgan fingerprint density at radius 3 is 3.00 bits per heavy atom. The minimum Gasteiger partial charge on any atom is -0.475 e. The highest BCUT2D eigenvalue weighted by atomic mass is 19.1. The third-order valence-electron chi connectivity index (χ3n) is 7.17. The average molecular weight is 403 g/mol. The number of likely N-dealkylation sites (N-methyl/N-ethyl adjacent to an activating group) is 1. The number of aromatic nitrogens is 3. The quantitative estimate of drug-likeness (QED) is 0.780. The molecule has 3 aliphatic heterocycles. The number of rotatable bonds is 3. The van der Waals surface area contributed by atoms with Crippen molar-refractivity contribution in [3.05, 3.63) is 12.0 Å². The number of ether oxygens (including phenoxy) is 2. The summed E-state index contributed by atoms with van der Waals surface area (Å²) >= 11 is 0. The van der Waals surface area contributed by atoms with Gasteiger partial charge in [-0.2, -0.15) is 9.97 Å². The Kier molecular flexibility index (Phi) is 3.55. The van der Waals surface area contributed by atoms with Crippen molar-refractivity contribution < 1.29 is 18.3 Å². The molecule has 9 heteroatoms. The van der Waals surface area contributed by atoms with Gasteiger partial charge in [-0.1, -0.05) is 0 Å². The molecule has 6 rings (SSSR count). The fraction of sp³-hybridized carbons (Fsp3) is 0.650. The minimum atomic E-state index is -0.829. The molecule has 1 aliphatic carbocycles. The van der Waals surface area contributed by atoms with Crippen molar-refractivity contribution in [2.75, 3.05) is 38.3 Å². The van der Waals surface area contributed by atoms with E-state index in [9.17, 15) is 8.78 Å². The molecule has 154 valence electrons. The van der Waals surface area contributed by atoms with Crippen LogP contribution in [0, 0.1) is 5.82 Å². The zero-order valence-electron chi connectivity index (χ0n) is 16.3. The molecule has 0 N–H and O–H groups in total. The van der Waals surface area contributed by atoms with Crippen molar-refractivity contribution in [3.8, 4) is 11.9 Å². The zero-order chi connectivity index (χ0) is 19.8. The van der Waals surface area contributed by atoms with E-state index in [1.807, 2.05) is 7.05 Å². The van der Waals surface area contributed by atoms with E-state index >= 15 is 0 Å². The molecule has 29 heavy (non-hydrogen) atoms. The first-order valence-corrected chi connectivity index (χ1v) is 10.2. The van der Waals surface area contributed by atoms with Gasteiger partial charge in [-0.3, -0.25) is 4.90 Å². The van der Waals surface area contributed by atoms with Gasteiger partial charge in [0, 0.05) is 20.0 Å². The highest BCUT2D eigenvalue weighted by Crippen LogP contribution is 2.48. The highest BCUT2D eigenvalue weighted by molar-refractivity contribution is 5.95. The van der Waals surface area contributed by atoms with Gasteiger partial charge in [0.05, 0.1) is 17.3 Å². The van der Waals surface area contributed by atoms with Crippen molar-refractivity contribution >= 4 is 16.7 Å². The molecule has 0 bridgehead atoms. The van der Waals surface area contributed by atoms with Crippen LogP contribution in [0.5, 0.6) is 11.9 Å². The molecule has 1 spiro atoms. The maximum atomic E-state index is 14.6. The van der Waals surface area contributed by atoms with Crippen molar-refractivity contribution in [2.45, 2.75) is 49.4 Å². The van der Waals surface area contributed by atoms with E-state index in [2.05, 4.69) is 24.8 Å². The summed E-state index contributed by atoms with van der Waals surface area (Å²) in [5.41, 5.74) is -0.292. The predicted molar refractivity (Wildman–Crippen MR) is 102 cm³/mol. The molecule has 1 saturated carbocycles. The maximum absolute atomic E-state index is 14.6. The lowest BCUT2D eigenvalue weighted by molar-refractivity contribution is 0.107. The van der Waals surface area contributed by atoms with Gasteiger partial charge in [0.1, 0.15) is 36.1 Å². The molecular weight excluding hydrogens is 380 g/mol. The number of nitrogens with zero attached hydrogens (tertiary/aromatic N) is 5. The van der Waals surface area contributed by atoms with Gasteiger partial charge in [-0.05, 0) is 32.2 Å². The second-order valence-electron chi connectivity index (χ2n) is 8.90. The highest BCUT2D eigenvalue weighted by Gasteiger charge is 2.51. The van der Waals surface area contributed by atoms with Crippen LogP contribution < -0.4 is 14.4 Å². The number of fused-ring (bicyclic) bond motifs is 1. The average Bonchev–Trinajstić information content (AvgIpc) is 3.33. The fourth-order valence-corrected chi connectivity index (χ4v) is 5.25. The summed E-state index contributed by atoms with van der Waals surface area (Å²) in [4.78, 5) is 17.3. The Hall–Kier alpha value is -2.29. The summed E-state index contributed by atoms with van der Waals surface area (Å²) < 4.78 is 40.5. The second kappa shape index (κ2) is 5.87. The summed E-state index contributed by atoms with van der Waals surface area (Å²) in [7, 11) is 1.95. The van der Waals surface area contributed by atoms with Crippen molar-refractivity contribution in [1.29, 1.82) is 0 Å². The molecule has 0 amide bonds. The Morgan fingerprint density at radius 1 is 1.31 bits per heavy atom. The third kappa shape index (κ3) is 2.52. The third-order valence-corrected chi connectivity index (χ3v) is 7.17. The van der Waals surface area contributed by atoms with Gasteiger partial charge in [0.25, 0.3) is 0 Å². The van der Waals surface area contributed by atoms with Crippen LogP contribution in [0.2, 0.25) is 0 Å². The first-order valence-electron chi connectivity index (χ1n) is 10.2. The molecule has 4 aliphatic rings. The van der Waals surface area contributed by atoms with E-state index in [1.165, 1.54) is 0 Å². The van der Waals surface area contributed by atoms with Gasteiger partial charge in [-0.15, -0.1) is 0 Å². The van der Waals surface area contributed by atoms with Crippen LogP contribution in [0.25, 0.3) is 10.9 Å². The van der Waals surface area contributed by atoms with Crippen LogP contribution in [0.4, 0.5) is 14.6 Å². The van der Waals surface area contributed by atoms with E-state index in [0.717, 1.165) is 38.4 Å². The number of halogens is 2.